The summed E-state index contributed by atoms with van der Waals surface area (Å²) in [4.78, 5) is 14.7. The molecule has 154 valence electrons. The molecule has 2 atom stereocenters. The molecule has 0 aromatic heterocycles. The van der Waals surface area contributed by atoms with E-state index < -0.39 is 11.6 Å². The third-order valence-corrected chi connectivity index (χ3v) is 6.86. The normalized spacial score (nSPS) is 23.2. The van der Waals surface area contributed by atoms with Gasteiger partial charge in [-0.2, -0.15) is 5.26 Å². The molecule has 6 nitrogen and oxygen atoms in total. The van der Waals surface area contributed by atoms with Gasteiger partial charge in [-0.15, -0.1) is 11.8 Å². The van der Waals surface area contributed by atoms with Crippen LogP contribution < -0.4 is 9.47 Å². The Kier molecular flexibility index (Phi) is 5.22. The van der Waals surface area contributed by atoms with E-state index in [0.29, 0.717) is 27.7 Å². The highest BCUT2D eigenvalue weighted by molar-refractivity contribution is 8.03. The van der Waals surface area contributed by atoms with Crippen molar-refractivity contribution in [2.75, 3.05) is 20.0 Å². The molecule has 0 spiro atoms. The van der Waals surface area contributed by atoms with Crippen LogP contribution in [0.2, 0.25) is 0 Å². The van der Waals surface area contributed by atoms with E-state index in [1.165, 1.54) is 23.8 Å². The third kappa shape index (κ3) is 3.04. The topological polar surface area (TPSA) is 82.8 Å². The van der Waals surface area contributed by atoms with Crippen molar-refractivity contribution < 1.29 is 19.4 Å². The number of nitrogens with zero attached hydrogens (tertiary/aromatic N) is 2. The number of rotatable bonds is 4. The van der Waals surface area contributed by atoms with E-state index in [9.17, 15) is 15.2 Å². The standard InChI is InChI=1S/C23H22N2O4S/c1-14-7-9-15(10-8-14)23(27)13-30-22-18(12-24)17(11-20(26)25(22)23)16-5-4-6-19(28-2)21(16)29-3/h4-10,17,27H,11,13H2,1-3H3/t17-,23+/m1/s1. The summed E-state index contributed by atoms with van der Waals surface area (Å²) < 4.78 is 10.9. The average molecular weight is 423 g/mol. The maximum atomic E-state index is 13.3. The largest absolute Gasteiger partial charge is 0.493 e. The van der Waals surface area contributed by atoms with Gasteiger partial charge in [-0.3, -0.25) is 9.69 Å². The first-order valence-electron chi connectivity index (χ1n) is 9.55. The zero-order valence-corrected chi connectivity index (χ0v) is 17.8. The number of hydrogen-bond donors (Lipinski definition) is 1. The van der Waals surface area contributed by atoms with Gasteiger partial charge in [-0.05, 0) is 13.0 Å². The number of benzene rings is 2. The summed E-state index contributed by atoms with van der Waals surface area (Å²) in [5, 5.41) is 22.0. The van der Waals surface area contributed by atoms with Crippen molar-refractivity contribution in [2.45, 2.75) is 25.0 Å². The lowest BCUT2D eigenvalue weighted by Crippen LogP contribution is -2.48. The first kappa shape index (κ1) is 20.3. The van der Waals surface area contributed by atoms with E-state index in [2.05, 4.69) is 6.07 Å². The Morgan fingerprint density at radius 1 is 1.20 bits per heavy atom. The molecule has 2 aliphatic heterocycles. The van der Waals surface area contributed by atoms with Crippen LogP contribution in [0.15, 0.2) is 53.1 Å². The number of carbonyl (C=O) groups excluding carboxylic acids is 1. The van der Waals surface area contributed by atoms with E-state index >= 15 is 0 Å². The smallest absolute Gasteiger partial charge is 0.231 e. The lowest BCUT2D eigenvalue weighted by atomic mass is 9.84. The number of nitriles is 1. The molecule has 2 aliphatic rings. The number of allylic oxidation sites excluding steroid dienone is 1. The van der Waals surface area contributed by atoms with Gasteiger partial charge in [-0.1, -0.05) is 42.0 Å². The van der Waals surface area contributed by atoms with Crippen LogP contribution in [0.25, 0.3) is 0 Å². The SMILES string of the molecule is COc1cccc([C@H]2CC(=O)N3C(=C2C#N)SC[C@]3(O)c2ccc(C)cc2)c1OC. The fourth-order valence-corrected chi connectivity index (χ4v) is 5.47. The molecule has 0 unspecified atom stereocenters. The fourth-order valence-electron chi connectivity index (χ4n) is 4.11. The number of aliphatic hydroxyl groups is 1. The molecular weight excluding hydrogens is 400 g/mol. The van der Waals surface area contributed by atoms with E-state index in [4.69, 9.17) is 9.47 Å². The summed E-state index contributed by atoms with van der Waals surface area (Å²) in [5.41, 5.74) is 1.40. The number of hydrogen-bond acceptors (Lipinski definition) is 6. The summed E-state index contributed by atoms with van der Waals surface area (Å²) >= 11 is 1.33. The van der Waals surface area contributed by atoms with Crippen molar-refractivity contribution in [3.05, 3.63) is 69.8 Å². The first-order valence-corrected chi connectivity index (χ1v) is 10.5. The molecule has 4 rings (SSSR count). The zero-order valence-electron chi connectivity index (χ0n) is 17.0. The number of thioether (sulfide) groups is 1. The highest BCUT2D eigenvalue weighted by Crippen LogP contribution is 2.53. The summed E-state index contributed by atoms with van der Waals surface area (Å²) in [6, 6.07) is 15.2. The number of carbonyl (C=O) groups is 1. The van der Waals surface area contributed by atoms with Crippen LogP contribution in [0.5, 0.6) is 11.5 Å². The summed E-state index contributed by atoms with van der Waals surface area (Å²) in [7, 11) is 3.09. The second kappa shape index (κ2) is 7.71. The Morgan fingerprint density at radius 3 is 2.57 bits per heavy atom. The second-order valence-electron chi connectivity index (χ2n) is 7.37. The second-order valence-corrected chi connectivity index (χ2v) is 8.33. The van der Waals surface area contributed by atoms with Crippen LogP contribution in [-0.4, -0.2) is 35.9 Å². The predicted octanol–water partition coefficient (Wildman–Crippen LogP) is 3.66. The molecule has 2 aromatic rings. The van der Waals surface area contributed by atoms with Gasteiger partial charge in [0.05, 0.1) is 36.6 Å². The maximum absolute atomic E-state index is 13.3. The number of ether oxygens (including phenoxy) is 2. The van der Waals surface area contributed by atoms with Gasteiger partial charge >= 0.3 is 0 Å². The summed E-state index contributed by atoms with van der Waals surface area (Å²) in [6.45, 7) is 1.97. The number of para-hydroxylation sites is 1. The lowest BCUT2D eigenvalue weighted by molar-refractivity contribution is -0.149. The minimum atomic E-state index is -1.48. The van der Waals surface area contributed by atoms with Crippen LogP contribution in [0.3, 0.4) is 0 Å². The van der Waals surface area contributed by atoms with Crippen LogP contribution >= 0.6 is 11.8 Å². The monoisotopic (exact) mass is 422 g/mol. The van der Waals surface area contributed by atoms with E-state index in [0.717, 1.165) is 11.1 Å². The van der Waals surface area contributed by atoms with Crippen molar-refractivity contribution in [3.8, 4) is 17.6 Å². The van der Waals surface area contributed by atoms with Gasteiger partial charge in [0.15, 0.2) is 17.2 Å². The van der Waals surface area contributed by atoms with Gasteiger partial charge in [-0.25, -0.2) is 0 Å². The lowest BCUT2D eigenvalue weighted by Gasteiger charge is -2.38. The highest BCUT2D eigenvalue weighted by atomic mass is 32.2. The van der Waals surface area contributed by atoms with Crippen LogP contribution in [0, 0.1) is 18.3 Å². The Balaban J connectivity index is 1.83. The van der Waals surface area contributed by atoms with Gasteiger partial charge in [0.2, 0.25) is 5.91 Å². The van der Waals surface area contributed by atoms with Crippen LogP contribution in [0.4, 0.5) is 0 Å². The highest BCUT2D eigenvalue weighted by Gasteiger charge is 2.52. The van der Waals surface area contributed by atoms with E-state index in [-0.39, 0.29) is 18.1 Å². The van der Waals surface area contributed by atoms with E-state index in [1.807, 2.05) is 43.3 Å². The fraction of sp³-hybridized carbons (Fsp3) is 0.304. The number of aryl methyl sites for hydroxylation is 1. The molecule has 0 saturated carbocycles. The first-order chi connectivity index (χ1) is 14.4. The molecule has 1 fully saturated rings. The van der Waals surface area contributed by atoms with E-state index in [1.54, 1.807) is 13.2 Å². The molecule has 1 amide bonds. The van der Waals surface area contributed by atoms with Crippen LogP contribution in [0.1, 0.15) is 29.0 Å². The molecule has 7 heteroatoms. The zero-order chi connectivity index (χ0) is 21.5. The maximum Gasteiger partial charge on any atom is 0.231 e. The molecule has 0 aliphatic carbocycles. The quantitative estimate of drug-likeness (QED) is 0.810. The molecule has 0 bridgehead atoms. The number of methoxy groups -OCH3 is 2. The minimum absolute atomic E-state index is 0.0602. The third-order valence-electron chi connectivity index (χ3n) is 5.63. The predicted molar refractivity (Wildman–Crippen MR) is 114 cm³/mol. The van der Waals surface area contributed by atoms with Gasteiger partial charge in [0.25, 0.3) is 0 Å². The Morgan fingerprint density at radius 2 is 1.93 bits per heavy atom. The molecule has 1 N–H and O–H groups in total. The van der Waals surface area contributed by atoms with Crippen molar-refractivity contribution in [1.29, 1.82) is 5.26 Å². The van der Waals surface area contributed by atoms with Gasteiger partial charge < -0.3 is 14.6 Å². The average Bonchev–Trinajstić information content (AvgIpc) is 3.12. The molecular formula is C23H22N2O4S. The molecule has 1 saturated heterocycles. The Hall–Kier alpha value is -2.95. The van der Waals surface area contributed by atoms with Crippen LogP contribution in [-0.2, 0) is 10.5 Å². The van der Waals surface area contributed by atoms with Crippen molar-refractivity contribution in [3.63, 3.8) is 0 Å². The molecule has 30 heavy (non-hydrogen) atoms. The number of fused-ring (bicyclic) bond motifs is 1. The summed E-state index contributed by atoms with van der Waals surface area (Å²) in [5.74, 6) is 0.627. The van der Waals surface area contributed by atoms with Crippen molar-refractivity contribution >= 4 is 17.7 Å². The van der Waals surface area contributed by atoms with Crippen molar-refractivity contribution in [1.82, 2.24) is 4.90 Å². The van der Waals surface area contributed by atoms with Gasteiger partial charge in [0.1, 0.15) is 0 Å². The molecule has 2 aromatic carbocycles. The Labute approximate surface area is 179 Å². The van der Waals surface area contributed by atoms with Crippen molar-refractivity contribution in [2.24, 2.45) is 0 Å². The molecule has 0 radical (unpaired) electrons. The minimum Gasteiger partial charge on any atom is -0.493 e. The number of amides is 1. The van der Waals surface area contributed by atoms with Gasteiger partial charge in [0, 0.05) is 23.5 Å². The summed E-state index contributed by atoms with van der Waals surface area (Å²) in [6.07, 6.45) is 0.0602. The molecule has 2 heterocycles. The Bertz CT molecular complexity index is 1070.